The van der Waals surface area contributed by atoms with E-state index in [0.29, 0.717) is 6.54 Å². The predicted octanol–water partition coefficient (Wildman–Crippen LogP) is 0.501. The third-order valence-corrected chi connectivity index (χ3v) is 1.04. The van der Waals surface area contributed by atoms with Crippen molar-refractivity contribution < 1.29 is 0 Å². The monoisotopic (exact) mass is 128 g/mol. The van der Waals surface area contributed by atoms with Crippen LogP contribution in [0.1, 0.15) is 13.3 Å². The smallest absolute Gasteiger partial charge is 0.0106 e. The molecule has 0 aromatic rings. The maximum absolute atomic E-state index is 5.24. The fraction of sp³-hybridized carbons (Fsp3) is 0.714. The molecule has 9 heavy (non-hydrogen) atoms. The Labute approximate surface area is 57.1 Å². The number of hydrogen-bond acceptors (Lipinski definition) is 2. The van der Waals surface area contributed by atoms with E-state index >= 15 is 0 Å². The molecule has 2 nitrogen and oxygen atoms in total. The zero-order chi connectivity index (χ0) is 6.95. The molecule has 0 bridgehead atoms. The summed E-state index contributed by atoms with van der Waals surface area (Å²) >= 11 is 0. The van der Waals surface area contributed by atoms with Gasteiger partial charge in [0.15, 0.2) is 0 Å². The molecule has 0 aliphatic rings. The van der Waals surface area contributed by atoms with E-state index in [2.05, 4.69) is 18.3 Å². The molecule has 0 atom stereocenters. The van der Waals surface area contributed by atoms with Gasteiger partial charge in [0, 0.05) is 6.54 Å². The predicted molar refractivity (Wildman–Crippen MR) is 41.4 cm³/mol. The Hall–Kier alpha value is -0.340. The lowest BCUT2D eigenvalue weighted by Crippen LogP contribution is -2.13. The summed E-state index contributed by atoms with van der Waals surface area (Å²) in [6, 6.07) is 0. The van der Waals surface area contributed by atoms with E-state index in [0.717, 1.165) is 19.5 Å². The fourth-order valence-corrected chi connectivity index (χ4v) is 0.576. The Bertz CT molecular complexity index is 69.3. The third kappa shape index (κ3) is 7.66. The normalized spacial score (nSPS) is 10.9. The summed E-state index contributed by atoms with van der Waals surface area (Å²) in [5.41, 5.74) is 5.24. The lowest BCUT2D eigenvalue weighted by molar-refractivity contribution is 0.726. The highest BCUT2D eigenvalue weighted by atomic mass is 14.8. The molecule has 0 fully saturated rings. The van der Waals surface area contributed by atoms with Crippen molar-refractivity contribution in [3.05, 3.63) is 12.2 Å². The molecule has 3 N–H and O–H groups in total. The van der Waals surface area contributed by atoms with Crippen molar-refractivity contribution in [3.8, 4) is 0 Å². The molecule has 0 rings (SSSR count). The summed E-state index contributed by atoms with van der Waals surface area (Å²) in [5, 5.41) is 3.22. The Balaban J connectivity index is 2.82. The van der Waals surface area contributed by atoms with Gasteiger partial charge in [-0.2, -0.15) is 0 Å². The van der Waals surface area contributed by atoms with Crippen molar-refractivity contribution in [1.82, 2.24) is 5.32 Å². The second kappa shape index (κ2) is 7.66. The summed E-state index contributed by atoms with van der Waals surface area (Å²) in [6.45, 7) is 4.88. The maximum Gasteiger partial charge on any atom is 0.0106 e. The minimum atomic E-state index is 0.659. The first-order chi connectivity index (χ1) is 4.41. The molecule has 54 valence electrons. The molecular weight excluding hydrogens is 112 g/mol. The van der Waals surface area contributed by atoms with Gasteiger partial charge in [-0.25, -0.2) is 0 Å². The van der Waals surface area contributed by atoms with Crippen molar-refractivity contribution in [2.75, 3.05) is 19.6 Å². The van der Waals surface area contributed by atoms with Crippen LogP contribution >= 0.6 is 0 Å². The van der Waals surface area contributed by atoms with E-state index < -0.39 is 0 Å². The van der Waals surface area contributed by atoms with Gasteiger partial charge in [0.25, 0.3) is 0 Å². The van der Waals surface area contributed by atoms with Crippen molar-refractivity contribution in [1.29, 1.82) is 0 Å². The number of rotatable bonds is 5. The standard InChI is InChI=1S/C7H16N2/c1-2-9-7-5-3-4-6-8/h3-4,9H,2,5-8H2,1H3/b4-3+. The van der Waals surface area contributed by atoms with E-state index in [1.54, 1.807) is 0 Å². The highest BCUT2D eigenvalue weighted by molar-refractivity contribution is 4.82. The zero-order valence-corrected chi connectivity index (χ0v) is 6.06. The first-order valence-electron chi connectivity index (χ1n) is 3.47. The van der Waals surface area contributed by atoms with E-state index in [1.807, 2.05) is 6.08 Å². The molecule has 0 saturated heterocycles. The van der Waals surface area contributed by atoms with E-state index in [1.165, 1.54) is 0 Å². The summed E-state index contributed by atoms with van der Waals surface area (Å²) in [5.74, 6) is 0. The topological polar surface area (TPSA) is 38.0 Å². The van der Waals surface area contributed by atoms with Crippen LogP contribution in [0.4, 0.5) is 0 Å². The summed E-state index contributed by atoms with van der Waals surface area (Å²) in [7, 11) is 0. The van der Waals surface area contributed by atoms with Gasteiger partial charge in [0.1, 0.15) is 0 Å². The molecule has 0 aliphatic carbocycles. The van der Waals surface area contributed by atoms with Crippen LogP contribution in [0.2, 0.25) is 0 Å². The van der Waals surface area contributed by atoms with Crippen LogP contribution in [0.15, 0.2) is 12.2 Å². The Morgan fingerprint density at radius 2 is 2.22 bits per heavy atom. The van der Waals surface area contributed by atoms with Gasteiger partial charge < -0.3 is 11.1 Å². The van der Waals surface area contributed by atoms with Gasteiger partial charge in [0.2, 0.25) is 0 Å². The molecule has 0 aromatic heterocycles. The number of nitrogens with two attached hydrogens (primary N) is 1. The molecule has 0 radical (unpaired) electrons. The molecule has 2 heteroatoms. The van der Waals surface area contributed by atoms with Gasteiger partial charge in [-0.15, -0.1) is 0 Å². The molecule has 0 unspecified atom stereocenters. The fourth-order valence-electron chi connectivity index (χ4n) is 0.576. The van der Waals surface area contributed by atoms with Crippen LogP contribution in [0.25, 0.3) is 0 Å². The van der Waals surface area contributed by atoms with Crippen molar-refractivity contribution >= 4 is 0 Å². The average Bonchev–Trinajstić information content (AvgIpc) is 1.89. The van der Waals surface area contributed by atoms with Crippen LogP contribution in [-0.4, -0.2) is 19.6 Å². The highest BCUT2D eigenvalue weighted by Crippen LogP contribution is 1.77. The Morgan fingerprint density at radius 3 is 2.78 bits per heavy atom. The zero-order valence-electron chi connectivity index (χ0n) is 6.06. The summed E-state index contributed by atoms with van der Waals surface area (Å²) < 4.78 is 0. The molecular formula is C7H16N2. The summed E-state index contributed by atoms with van der Waals surface area (Å²) in [4.78, 5) is 0. The van der Waals surface area contributed by atoms with Gasteiger partial charge in [0.05, 0.1) is 0 Å². The van der Waals surface area contributed by atoms with Gasteiger partial charge in [-0.3, -0.25) is 0 Å². The van der Waals surface area contributed by atoms with Crippen LogP contribution < -0.4 is 11.1 Å². The van der Waals surface area contributed by atoms with Gasteiger partial charge in [-0.05, 0) is 19.5 Å². The van der Waals surface area contributed by atoms with Crippen molar-refractivity contribution in [3.63, 3.8) is 0 Å². The maximum atomic E-state index is 5.24. The molecule has 0 aromatic carbocycles. The minimum Gasteiger partial charge on any atom is -0.327 e. The van der Waals surface area contributed by atoms with Crippen molar-refractivity contribution in [2.45, 2.75) is 13.3 Å². The van der Waals surface area contributed by atoms with Crippen LogP contribution in [-0.2, 0) is 0 Å². The largest absolute Gasteiger partial charge is 0.327 e. The molecule has 0 heterocycles. The van der Waals surface area contributed by atoms with Crippen molar-refractivity contribution in [2.24, 2.45) is 5.73 Å². The molecule has 0 amide bonds. The second-order valence-corrected chi connectivity index (χ2v) is 1.85. The first-order valence-corrected chi connectivity index (χ1v) is 3.47. The highest BCUT2D eigenvalue weighted by Gasteiger charge is 1.76. The van der Waals surface area contributed by atoms with Crippen LogP contribution in [0, 0.1) is 0 Å². The third-order valence-electron chi connectivity index (χ3n) is 1.04. The number of hydrogen-bond donors (Lipinski definition) is 2. The molecule has 0 aliphatic heterocycles. The lowest BCUT2D eigenvalue weighted by Gasteiger charge is -1.94. The minimum absolute atomic E-state index is 0.659. The van der Waals surface area contributed by atoms with E-state index in [-0.39, 0.29) is 0 Å². The van der Waals surface area contributed by atoms with Crippen LogP contribution in [0.5, 0.6) is 0 Å². The van der Waals surface area contributed by atoms with Gasteiger partial charge in [-0.1, -0.05) is 19.1 Å². The Morgan fingerprint density at radius 1 is 1.44 bits per heavy atom. The SMILES string of the molecule is CCNCC/C=C/CN. The molecule has 0 spiro atoms. The quantitative estimate of drug-likeness (QED) is 0.418. The van der Waals surface area contributed by atoms with Gasteiger partial charge >= 0.3 is 0 Å². The summed E-state index contributed by atoms with van der Waals surface area (Å²) in [6.07, 6.45) is 5.17. The second-order valence-electron chi connectivity index (χ2n) is 1.85. The lowest BCUT2D eigenvalue weighted by atomic mass is 10.4. The number of nitrogens with one attached hydrogen (secondary N) is 1. The van der Waals surface area contributed by atoms with Crippen LogP contribution in [0.3, 0.4) is 0 Å². The Kier molecular flexibility index (Phi) is 7.37. The molecule has 0 saturated carbocycles. The first kappa shape index (κ1) is 8.66. The average molecular weight is 128 g/mol. The van der Waals surface area contributed by atoms with E-state index in [4.69, 9.17) is 5.73 Å². The van der Waals surface area contributed by atoms with E-state index in [9.17, 15) is 0 Å².